The number of alkyl halides is 3. The molecule has 2 aromatic heterocycles. The molecule has 1 unspecified atom stereocenters. The van der Waals surface area contributed by atoms with Crippen molar-refractivity contribution in [2.24, 2.45) is 0 Å². The molecule has 0 bridgehead atoms. The van der Waals surface area contributed by atoms with Crippen molar-refractivity contribution in [3.63, 3.8) is 0 Å². The van der Waals surface area contributed by atoms with Crippen LogP contribution in [0.15, 0.2) is 18.3 Å². The fourth-order valence-corrected chi connectivity index (χ4v) is 3.55. The van der Waals surface area contributed by atoms with Crippen molar-refractivity contribution in [3.05, 3.63) is 29.6 Å². The van der Waals surface area contributed by atoms with Crippen LogP contribution in [0.3, 0.4) is 0 Å². The van der Waals surface area contributed by atoms with E-state index in [4.69, 9.17) is 0 Å². The van der Waals surface area contributed by atoms with Crippen molar-refractivity contribution < 1.29 is 27.8 Å². The Morgan fingerprint density at radius 1 is 1.40 bits per heavy atom. The zero-order valence-corrected chi connectivity index (χ0v) is 13.7. The first-order valence-corrected chi connectivity index (χ1v) is 8.24. The predicted molar refractivity (Wildman–Crippen MR) is 83.9 cm³/mol. The van der Waals surface area contributed by atoms with E-state index in [9.17, 15) is 23.1 Å². The number of aromatic nitrogens is 2. The van der Waals surface area contributed by atoms with Gasteiger partial charge in [-0.1, -0.05) is 12.8 Å². The molecule has 3 rings (SSSR count). The van der Waals surface area contributed by atoms with Gasteiger partial charge in [0.2, 0.25) is 0 Å². The third-order valence-corrected chi connectivity index (χ3v) is 4.71. The van der Waals surface area contributed by atoms with Crippen molar-refractivity contribution in [1.82, 2.24) is 9.97 Å². The van der Waals surface area contributed by atoms with E-state index >= 15 is 0 Å². The molecule has 136 valence electrons. The van der Waals surface area contributed by atoms with Gasteiger partial charge in [-0.05, 0) is 37.8 Å². The van der Waals surface area contributed by atoms with Gasteiger partial charge in [0.25, 0.3) is 5.60 Å². The minimum atomic E-state index is -5.22. The lowest BCUT2D eigenvalue weighted by atomic mass is 9.86. The molecular weight excluding hydrogens is 337 g/mol. The van der Waals surface area contributed by atoms with Crippen LogP contribution in [0.25, 0.3) is 11.0 Å². The van der Waals surface area contributed by atoms with Gasteiger partial charge in [-0.15, -0.1) is 0 Å². The van der Waals surface area contributed by atoms with Crippen LogP contribution in [0.1, 0.15) is 49.8 Å². The zero-order chi connectivity index (χ0) is 18.2. The van der Waals surface area contributed by atoms with Gasteiger partial charge in [-0.2, -0.15) is 13.2 Å². The highest BCUT2D eigenvalue weighted by Gasteiger charge is 2.64. The van der Waals surface area contributed by atoms with Crippen LogP contribution < -0.4 is 0 Å². The standard InChI is InChI=1S/C17H19F3N2O3/c1-2-25-15(23)16(24,17(18,19)20)12-11-8-5-9-21-14(11)22-13(12)10-6-3-4-7-10/h5,8-10,24H,2-4,6-7H2,1H3,(H,21,22). The highest BCUT2D eigenvalue weighted by Crippen LogP contribution is 2.48. The Bertz CT molecular complexity index is 781. The van der Waals surface area contributed by atoms with Gasteiger partial charge in [0, 0.05) is 22.8 Å². The first kappa shape index (κ1) is 17.7. The Morgan fingerprint density at radius 2 is 2.08 bits per heavy atom. The molecule has 1 saturated carbocycles. The van der Waals surface area contributed by atoms with Gasteiger partial charge in [0.15, 0.2) is 0 Å². The molecule has 2 N–H and O–H groups in total. The Labute approximate surface area is 142 Å². The third kappa shape index (κ3) is 2.78. The summed E-state index contributed by atoms with van der Waals surface area (Å²) in [6.45, 7) is 1.12. The number of carbonyl (C=O) groups excluding carboxylic acids is 1. The van der Waals surface area contributed by atoms with Gasteiger partial charge >= 0.3 is 12.1 Å². The second-order valence-electron chi connectivity index (χ2n) is 6.22. The van der Waals surface area contributed by atoms with Crippen molar-refractivity contribution in [2.75, 3.05) is 6.61 Å². The molecule has 0 amide bonds. The van der Waals surface area contributed by atoms with E-state index in [0.29, 0.717) is 12.8 Å². The second kappa shape index (κ2) is 6.33. The fourth-order valence-electron chi connectivity index (χ4n) is 3.55. The minimum Gasteiger partial charge on any atom is -0.463 e. The van der Waals surface area contributed by atoms with Gasteiger partial charge in [0.1, 0.15) is 5.65 Å². The average Bonchev–Trinajstić information content (AvgIpc) is 3.20. The molecule has 0 radical (unpaired) electrons. The van der Waals surface area contributed by atoms with Gasteiger partial charge < -0.3 is 14.8 Å². The molecule has 8 heteroatoms. The molecular formula is C17H19F3N2O3. The summed E-state index contributed by atoms with van der Waals surface area (Å²) in [7, 11) is 0. The summed E-state index contributed by atoms with van der Waals surface area (Å²) in [6.07, 6.45) is -0.629. The number of hydrogen-bond donors (Lipinski definition) is 2. The van der Waals surface area contributed by atoms with Crippen LogP contribution in [-0.2, 0) is 15.1 Å². The van der Waals surface area contributed by atoms with E-state index in [1.807, 2.05) is 0 Å². The number of esters is 1. The molecule has 0 spiro atoms. The van der Waals surface area contributed by atoms with Crippen LogP contribution in [-0.4, -0.2) is 33.8 Å². The van der Waals surface area contributed by atoms with Crippen LogP contribution in [0, 0.1) is 0 Å². The van der Waals surface area contributed by atoms with Gasteiger partial charge in [-0.3, -0.25) is 0 Å². The molecule has 25 heavy (non-hydrogen) atoms. The minimum absolute atomic E-state index is 0.0808. The molecule has 1 aliphatic rings. The van der Waals surface area contributed by atoms with Gasteiger partial charge in [-0.25, -0.2) is 9.78 Å². The number of H-pyrrole nitrogens is 1. The zero-order valence-electron chi connectivity index (χ0n) is 13.7. The Morgan fingerprint density at radius 3 is 2.68 bits per heavy atom. The molecule has 2 aromatic rings. The highest BCUT2D eigenvalue weighted by molar-refractivity contribution is 5.92. The van der Waals surface area contributed by atoms with E-state index in [-0.39, 0.29) is 29.3 Å². The van der Waals surface area contributed by atoms with Crippen LogP contribution in [0.4, 0.5) is 13.2 Å². The number of fused-ring (bicyclic) bond motifs is 1. The molecule has 1 aliphatic carbocycles. The van der Waals surface area contributed by atoms with Gasteiger partial charge in [0.05, 0.1) is 6.61 Å². The maximum absolute atomic E-state index is 13.9. The summed E-state index contributed by atoms with van der Waals surface area (Å²) in [4.78, 5) is 19.1. The quantitative estimate of drug-likeness (QED) is 0.822. The van der Waals surface area contributed by atoms with E-state index < -0.39 is 23.3 Å². The molecule has 0 saturated heterocycles. The first-order valence-electron chi connectivity index (χ1n) is 8.24. The number of pyridine rings is 1. The third-order valence-electron chi connectivity index (χ3n) is 4.71. The normalized spacial score (nSPS) is 18.4. The highest BCUT2D eigenvalue weighted by atomic mass is 19.4. The summed E-state index contributed by atoms with van der Waals surface area (Å²) in [5.41, 5.74) is -3.78. The van der Waals surface area contributed by atoms with Crippen LogP contribution in [0.2, 0.25) is 0 Å². The summed E-state index contributed by atoms with van der Waals surface area (Å²) in [5.74, 6) is -1.90. The molecule has 2 heterocycles. The monoisotopic (exact) mass is 356 g/mol. The number of nitrogens with zero attached hydrogens (tertiary/aromatic N) is 1. The van der Waals surface area contributed by atoms with Crippen LogP contribution >= 0.6 is 0 Å². The molecule has 5 nitrogen and oxygen atoms in total. The van der Waals surface area contributed by atoms with Crippen LogP contribution in [0.5, 0.6) is 0 Å². The lowest BCUT2D eigenvalue weighted by Crippen LogP contribution is -2.50. The van der Waals surface area contributed by atoms with E-state index in [0.717, 1.165) is 12.8 Å². The number of ether oxygens (including phenoxy) is 1. The number of aromatic amines is 1. The fraction of sp³-hybridized carbons (Fsp3) is 0.529. The number of nitrogens with one attached hydrogen (secondary N) is 1. The van der Waals surface area contributed by atoms with E-state index in [2.05, 4.69) is 14.7 Å². The lowest BCUT2D eigenvalue weighted by molar-refractivity contribution is -0.267. The first-order chi connectivity index (χ1) is 11.8. The number of carbonyl (C=O) groups is 1. The Balaban J connectivity index is 2.29. The Hall–Kier alpha value is -2.09. The van der Waals surface area contributed by atoms with Crippen molar-refractivity contribution in [3.8, 4) is 0 Å². The van der Waals surface area contributed by atoms with Crippen molar-refractivity contribution >= 4 is 17.0 Å². The average molecular weight is 356 g/mol. The molecule has 1 atom stereocenters. The maximum atomic E-state index is 13.9. The molecule has 0 aromatic carbocycles. The number of rotatable bonds is 4. The number of hydrogen-bond acceptors (Lipinski definition) is 4. The number of halogens is 3. The second-order valence-corrected chi connectivity index (χ2v) is 6.22. The largest absolute Gasteiger partial charge is 0.463 e. The SMILES string of the molecule is CCOC(=O)C(O)(c1c(C2CCCC2)[nH]c2ncccc12)C(F)(F)F. The van der Waals surface area contributed by atoms with Crippen molar-refractivity contribution in [2.45, 2.75) is 50.3 Å². The number of aliphatic hydroxyl groups is 1. The topological polar surface area (TPSA) is 75.2 Å². The summed E-state index contributed by atoms with van der Waals surface area (Å²) >= 11 is 0. The summed E-state index contributed by atoms with van der Waals surface area (Å²) in [5, 5.41) is 10.7. The molecule has 0 aliphatic heterocycles. The smallest absolute Gasteiger partial charge is 0.432 e. The summed E-state index contributed by atoms with van der Waals surface area (Å²) in [6, 6.07) is 2.89. The Kier molecular flexibility index (Phi) is 4.49. The molecule has 1 fully saturated rings. The maximum Gasteiger partial charge on any atom is 0.432 e. The van der Waals surface area contributed by atoms with Crippen molar-refractivity contribution in [1.29, 1.82) is 0 Å². The van der Waals surface area contributed by atoms with E-state index in [1.165, 1.54) is 25.3 Å². The van der Waals surface area contributed by atoms with E-state index in [1.54, 1.807) is 0 Å². The summed E-state index contributed by atoms with van der Waals surface area (Å²) < 4.78 is 46.1. The lowest BCUT2D eigenvalue weighted by Gasteiger charge is -2.30. The predicted octanol–water partition coefficient (Wildman–Crippen LogP) is 3.53.